The van der Waals surface area contributed by atoms with Crippen LogP contribution in [0.5, 0.6) is 11.5 Å². The van der Waals surface area contributed by atoms with Crippen LogP contribution in [-0.2, 0) is 20.0 Å². The molecule has 35 heavy (non-hydrogen) atoms. The number of fused-ring (bicyclic) bond motifs is 2. The lowest BCUT2D eigenvalue weighted by Gasteiger charge is -2.21. The van der Waals surface area contributed by atoms with Crippen molar-refractivity contribution in [3.63, 3.8) is 0 Å². The van der Waals surface area contributed by atoms with E-state index in [9.17, 15) is 4.79 Å². The van der Waals surface area contributed by atoms with E-state index in [2.05, 4.69) is 59.0 Å². The van der Waals surface area contributed by atoms with Crippen LogP contribution in [0.15, 0.2) is 60.0 Å². The van der Waals surface area contributed by atoms with E-state index in [4.69, 9.17) is 9.47 Å². The van der Waals surface area contributed by atoms with Gasteiger partial charge in [0.25, 0.3) is 5.91 Å². The lowest BCUT2D eigenvalue weighted by Crippen LogP contribution is -2.33. The minimum Gasteiger partial charge on any atom is -0.487 e. The monoisotopic (exact) mass is 485 g/mol. The SMILES string of the molecule is Cc1cc(C(=O)N2CCOc3c(cc(-c4cccs4)cc3OC3CCc4ccccc43)C2)n(C)n1. The van der Waals surface area contributed by atoms with Crippen LogP contribution in [0.1, 0.15) is 45.4 Å². The van der Waals surface area contributed by atoms with Crippen molar-refractivity contribution in [3.05, 3.63) is 88.1 Å². The van der Waals surface area contributed by atoms with Crippen LogP contribution in [0, 0.1) is 6.92 Å². The fourth-order valence-corrected chi connectivity index (χ4v) is 5.81. The molecule has 6 rings (SSSR count). The predicted molar refractivity (Wildman–Crippen MR) is 136 cm³/mol. The first kappa shape index (κ1) is 21.9. The second-order valence-corrected chi connectivity index (χ2v) is 10.1. The van der Waals surface area contributed by atoms with Crippen molar-refractivity contribution in [1.82, 2.24) is 14.7 Å². The van der Waals surface area contributed by atoms with Crippen molar-refractivity contribution < 1.29 is 14.3 Å². The molecule has 0 saturated carbocycles. The van der Waals surface area contributed by atoms with Crippen molar-refractivity contribution in [1.29, 1.82) is 0 Å². The van der Waals surface area contributed by atoms with Gasteiger partial charge >= 0.3 is 0 Å². The van der Waals surface area contributed by atoms with Crippen molar-refractivity contribution in [2.24, 2.45) is 7.05 Å². The Morgan fingerprint density at radius 2 is 2.03 bits per heavy atom. The molecular formula is C28H27N3O3S. The van der Waals surface area contributed by atoms with Crippen molar-refractivity contribution >= 4 is 17.2 Å². The summed E-state index contributed by atoms with van der Waals surface area (Å²) in [5.74, 6) is 1.45. The Morgan fingerprint density at radius 1 is 1.14 bits per heavy atom. The van der Waals surface area contributed by atoms with Gasteiger partial charge in [-0.1, -0.05) is 30.3 Å². The number of amides is 1. The first-order valence-corrected chi connectivity index (χ1v) is 12.8. The summed E-state index contributed by atoms with van der Waals surface area (Å²) in [5, 5.41) is 6.43. The summed E-state index contributed by atoms with van der Waals surface area (Å²) in [6.07, 6.45) is 1.96. The highest BCUT2D eigenvalue weighted by Crippen LogP contribution is 2.43. The molecule has 178 valence electrons. The molecule has 6 nitrogen and oxygen atoms in total. The van der Waals surface area contributed by atoms with Gasteiger partial charge in [-0.25, -0.2) is 0 Å². The topological polar surface area (TPSA) is 56.6 Å². The average Bonchev–Trinajstić information content (AvgIpc) is 3.56. The van der Waals surface area contributed by atoms with E-state index < -0.39 is 0 Å². The zero-order valence-corrected chi connectivity index (χ0v) is 20.7. The van der Waals surface area contributed by atoms with E-state index in [-0.39, 0.29) is 12.0 Å². The lowest BCUT2D eigenvalue weighted by atomic mass is 10.1. The molecule has 0 fully saturated rings. The molecule has 3 heterocycles. The third kappa shape index (κ3) is 4.10. The molecule has 2 aliphatic rings. The van der Waals surface area contributed by atoms with Crippen LogP contribution in [0.25, 0.3) is 10.4 Å². The number of thiophene rings is 1. The van der Waals surface area contributed by atoms with E-state index in [0.29, 0.717) is 25.4 Å². The van der Waals surface area contributed by atoms with E-state index in [1.165, 1.54) is 11.1 Å². The maximum Gasteiger partial charge on any atom is 0.272 e. The summed E-state index contributed by atoms with van der Waals surface area (Å²) in [6.45, 7) is 3.26. The van der Waals surface area contributed by atoms with Gasteiger partial charge in [0.15, 0.2) is 11.5 Å². The van der Waals surface area contributed by atoms with E-state index in [1.807, 2.05) is 24.9 Å². The van der Waals surface area contributed by atoms with Gasteiger partial charge in [0.2, 0.25) is 0 Å². The van der Waals surface area contributed by atoms with Gasteiger partial charge in [-0.05, 0) is 66.1 Å². The summed E-state index contributed by atoms with van der Waals surface area (Å²) < 4.78 is 14.6. The zero-order valence-electron chi connectivity index (χ0n) is 19.9. The highest BCUT2D eigenvalue weighted by atomic mass is 32.1. The Bertz CT molecular complexity index is 1390. The number of hydrogen-bond donors (Lipinski definition) is 0. The zero-order chi connectivity index (χ0) is 23.9. The van der Waals surface area contributed by atoms with Crippen LogP contribution < -0.4 is 9.47 Å². The third-order valence-electron chi connectivity index (χ3n) is 6.76. The van der Waals surface area contributed by atoms with Crippen LogP contribution >= 0.6 is 11.3 Å². The maximum atomic E-state index is 13.4. The fraction of sp³-hybridized carbons (Fsp3) is 0.286. The number of rotatable bonds is 4. The van der Waals surface area contributed by atoms with Crippen LogP contribution in [-0.4, -0.2) is 33.7 Å². The molecule has 4 aromatic rings. The predicted octanol–water partition coefficient (Wildman–Crippen LogP) is 5.56. The Kier molecular flexibility index (Phi) is 5.57. The lowest BCUT2D eigenvalue weighted by molar-refractivity contribution is 0.0722. The molecule has 0 spiro atoms. The van der Waals surface area contributed by atoms with Gasteiger partial charge < -0.3 is 14.4 Å². The van der Waals surface area contributed by atoms with E-state index in [1.54, 1.807) is 16.0 Å². The van der Waals surface area contributed by atoms with Gasteiger partial charge in [-0.15, -0.1) is 11.3 Å². The van der Waals surface area contributed by atoms with Gasteiger partial charge in [0.05, 0.1) is 12.2 Å². The summed E-state index contributed by atoms with van der Waals surface area (Å²) in [6, 6.07) is 18.7. The van der Waals surface area contributed by atoms with E-state index >= 15 is 0 Å². The van der Waals surface area contributed by atoms with Gasteiger partial charge in [-0.2, -0.15) is 5.10 Å². The number of benzene rings is 2. The minimum absolute atomic E-state index is 0.00380. The smallest absolute Gasteiger partial charge is 0.272 e. The number of aromatic nitrogens is 2. The van der Waals surface area contributed by atoms with Crippen molar-refractivity contribution in [2.75, 3.05) is 13.2 Å². The molecular weight excluding hydrogens is 458 g/mol. The number of aryl methyl sites for hydroxylation is 3. The quantitative estimate of drug-likeness (QED) is 0.380. The molecule has 2 aromatic carbocycles. The summed E-state index contributed by atoms with van der Waals surface area (Å²) in [5.41, 5.74) is 6.05. The number of hydrogen-bond acceptors (Lipinski definition) is 5. The Morgan fingerprint density at radius 3 is 2.83 bits per heavy atom. The molecule has 1 atom stereocenters. The minimum atomic E-state index is -0.0433. The molecule has 0 radical (unpaired) electrons. The molecule has 1 aliphatic heterocycles. The molecule has 1 unspecified atom stereocenters. The van der Waals surface area contributed by atoms with E-state index in [0.717, 1.165) is 46.0 Å². The second kappa shape index (κ2) is 8.89. The summed E-state index contributed by atoms with van der Waals surface area (Å²) >= 11 is 1.69. The van der Waals surface area contributed by atoms with Crippen LogP contribution in [0.4, 0.5) is 0 Å². The van der Waals surface area contributed by atoms with Crippen molar-refractivity contribution in [3.8, 4) is 21.9 Å². The fourth-order valence-electron chi connectivity index (χ4n) is 5.10. The molecule has 1 amide bonds. The molecule has 0 bridgehead atoms. The number of ether oxygens (including phenoxy) is 2. The molecule has 0 N–H and O–H groups in total. The number of nitrogens with zero attached hydrogens (tertiary/aromatic N) is 3. The Hall–Kier alpha value is -3.58. The molecule has 0 saturated heterocycles. The highest BCUT2D eigenvalue weighted by molar-refractivity contribution is 7.13. The van der Waals surface area contributed by atoms with Gasteiger partial charge in [0.1, 0.15) is 18.4 Å². The standard InChI is InChI=1S/C28H27N3O3S/c1-18-14-23(30(2)29-18)28(32)31-11-12-33-27-21(17-31)15-20(26-8-5-13-35-26)16-25(27)34-24-10-9-19-6-3-4-7-22(19)24/h3-8,13-16,24H,9-12,17H2,1-2H3. The average molecular weight is 486 g/mol. The summed E-state index contributed by atoms with van der Waals surface area (Å²) in [7, 11) is 1.81. The molecule has 2 aromatic heterocycles. The van der Waals surface area contributed by atoms with Crippen molar-refractivity contribution in [2.45, 2.75) is 32.4 Å². The summed E-state index contributed by atoms with van der Waals surface area (Å²) in [4.78, 5) is 16.4. The van der Waals surface area contributed by atoms with Crippen LogP contribution in [0.2, 0.25) is 0 Å². The molecule has 7 heteroatoms. The maximum absolute atomic E-state index is 13.4. The van der Waals surface area contributed by atoms with Gasteiger partial charge in [-0.3, -0.25) is 9.48 Å². The Balaban J connectivity index is 1.38. The largest absolute Gasteiger partial charge is 0.487 e. The van der Waals surface area contributed by atoms with Gasteiger partial charge in [0, 0.05) is 24.0 Å². The molecule has 1 aliphatic carbocycles. The third-order valence-corrected chi connectivity index (χ3v) is 7.68. The first-order chi connectivity index (χ1) is 17.1. The number of carbonyl (C=O) groups excluding carboxylic acids is 1. The highest BCUT2D eigenvalue weighted by Gasteiger charge is 2.29. The normalized spacial score (nSPS) is 16.9. The first-order valence-electron chi connectivity index (χ1n) is 11.9. The van der Waals surface area contributed by atoms with Crippen LogP contribution in [0.3, 0.4) is 0 Å². The second-order valence-electron chi connectivity index (χ2n) is 9.15. The Labute approximate surface area is 208 Å². The number of carbonyl (C=O) groups is 1.